The Bertz CT molecular complexity index is 728. The van der Waals surface area contributed by atoms with Crippen molar-refractivity contribution < 1.29 is 18.3 Å². The number of hydrogen-bond donors (Lipinski definition) is 3. The van der Waals surface area contributed by atoms with E-state index < -0.39 is 16.0 Å². The second-order valence-electron chi connectivity index (χ2n) is 3.81. The number of rotatable bonds is 5. The van der Waals surface area contributed by atoms with Gasteiger partial charge in [-0.3, -0.25) is 0 Å². The van der Waals surface area contributed by atoms with Gasteiger partial charge in [0.2, 0.25) is 10.0 Å². The predicted octanol–water partition coefficient (Wildman–Crippen LogP) is 1.35. The summed E-state index contributed by atoms with van der Waals surface area (Å²) in [6.07, 6.45) is 3.10. The number of aromatic amines is 1. The Kier molecular flexibility index (Phi) is 4.21. The quantitative estimate of drug-likeness (QED) is 0.745. The van der Waals surface area contributed by atoms with Crippen molar-refractivity contribution in [1.29, 1.82) is 0 Å². The van der Waals surface area contributed by atoms with Crippen LogP contribution in [0.15, 0.2) is 40.0 Å². The van der Waals surface area contributed by atoms with E-state index in [9.17, 15) is 13.2 Å². The fourth-order valence-corrected chi connectivity index (χ4v) is 3.55. The molecule has 0 fully saturated rings. The Morgan fingerprint density at radius 3 is 2.75 bits per heavy atom. The van der Waals surface area contributed by atoms with Crippen molar-refractivity contribution in [2.24, 2.45) is 0 Å². The highest BCUT2D eigenvalue weighted by Crippen LogP contribution is 2.23. The zero-order chi connectivity index (χ0) is 14.8. The van der Waals surface area contributed by atoms with E-state index in [4.69, 9.17) is 5.11 Å². The summed E-state index contributed by atoms with van der Waals surface area (Å²) in [5.74, 6) is -0.648. The number of imidazole rings is 1. The van der Waals surface area contributed by atoms with Crippen LogP contribution in [0.4, 0.5) is 0 Å². The number of aromatic carboxylic acids is 1. The van der Waals surface area contributed by atoms with Crippen molar-refractivity contribution in [2.75, 3.05) is 0 Å². The molecule has 0 radical (unpaired) electrons. The molecule has 1 aromatic carbocycles. The van der Waals surface area contributed by atoms with Gasteiger partial charge in [-0.15, -0.1) is 0 Å². The first kappa shape index (κ1) is 14.7. The Balaban J connectivity index is 2.23. The average molecular weight is 360 g/mol. The molecule has 2 rings (SSSR count). The number of H-pyrrole nitrogens is 1. The monoisotopic (exact) mass is 359 g/mol. The molecule has 0 saturated heterocycles. The van der Waals surface area contributed by atoms with Crippen LogP contribution in [0.3, 0.4) is 0 Å². The molecule has 0 unspecified atom stereocenters. The van der Waals surface area contributed by atoms with Gasteiger partial charge in [-0.1, -0.05) is 0 Å². The van der Waals surface area contributed by atoms with Crippen molar-refractivity contribution in [1.82, 2.24) is 14.7 Å². The van der Waals surface area contributed by atoms with Gasteiger partial charge in [0.25, 0.3) is 0 Å². The van der Waals surface area contributed by atoms with Gasteiger partial charge in [0.1, 0.15) is 5.82 Å². The van der Waals surface area contributed by atoms with Crippen LogP contribution < -0.4 is 4.72 Å². The lowest BCUT2D eigenvalue weighted by Gasteiger charge is -2.08. The second-order valence-corrected chi connectivity index (χ2v) is 6.40. The maximum Gasteiger partial charge on any atom is 0.335 e. The van der Waals surface area contributed by atoms with Gasteiger partial charge in [-0.25, -0.2) is 22.9 Å². The number of benzene rings is 1. The summed E-state index contributed by atoms with van der Waals surface area (Å²) in [4.78, 5) is 17.4. The van der Waals surface area contributed by atoms with Crippen LogP contribution in [0.1, 0.15) is 16.2 Å². The number of hydrogen-bond acceptors (Lipinski definition) is 4. The summed E-state index contributed by atoms with van der Waals surface area (Å²) in [6, 6.07) is 3.70. The number of halogens is 1. The molecule has 2 aromatic rings. The smallest absolute Gasteiger partial charge is 0.335 e. The fourth-order valence-electron chi connectivity index (χ4n) is 1.49. The van der Waals surface area contributed by atoms with Crippen molar-refractivity contribution in [3.63, 3.8) is 0 Å². The summed E-state index contributed by atoms with van der Waals surface area (Å²) < 4.78 is 26.8. The van der Waals surface area contributed by atoms with E-state index in [1.165, 1.54) is 24.4 Å². The van der Waals surface area contributed by atoms with E-state index in [0.717, 1.165) is 0 Å². The Labute approximate surface area is 123 Å². The molecule has 0 amide bonds. The largest absolute Gasteiger partial charge is 0.478 e. The Hall–Kier alpha value is -1.71. The third-order valence-corrected chi connectivity index (χ3v) is 4.83. The molecule has 106 valence electrons. The SMILES string of the molecule is O=C(O)c1ccc(S(=O)(=O)NCc2ncc[nH]2)c(Br)c1. The minimum Gasteiger partial charge on any atom is -0.478 e. The first-order valence-corrected chi connectivity index (χ1v) is 7.68. The van der Waals surface area contributed by atoms with Crippen LogP contribution in [-0.4, -0.2) is 29.5 Å². The summed E-state index contributed by atoms with van der Waals surface area (Å²) in [5, 5.41) is 8.83. The van der Waals surface area contributed by atoms with Gasteiger partial charge >= 0.3 is 5.97 Å². The van der Waals surface area contributed by atoms with Crippen molar-refractivity contribution >= 4 is 31.9 Å². The zero-order valence-corrected chi connectivity index (χ0v) is 12.4. The summed E-state index contributed by atoms with van der Waals surface area (Å²) in [5.41, 5.74) is 0.00172. The van der Waals surface area contributed by atoms with E-state index in [-0.39, 0.29) is 21.5 Å². The first-order valence-electron chi connectivity index (χ1n) is 5.41. The van der Waals surface area contributed by atoms with E-state index in [2.05, 4.69) is 30.6 Å². The number of nitrogens with one attached hydrogen (secondary N) is 2. The maximum absolute atomic E-state index is 12.1. The van der Waals surface area contributed by atoms with E-state index >= 15 is 0 Å². The van der Waals surface area contributed by atoms with Gasteiger partial charge in [-0.05, 0) is 34.1 Å². The van der Waals surface area contributed by atoms with Crippen LogP contribution in [0, 0.1) is 0 Å². The van der Waals surface area contributed by atoms with Crippen LogP contribution in [0.25, 0.3) is 0 Å². The predicted molar refractivity (Wildman–Crippen MR) is 73.7 cm³/mol. The third kappa shape index (κ3) is 3.24. The molecule has 0 aliphatic rings. The van der Waals surface area contributed by atoms with Crippen LogP contribution in [0.5, 0.6) is 0 Å². The van der Waals surface area contributed by atoms with E-state index in [0.29, 0.717) is 5.82 Å². The van der Waals surface area contributed by atoms with Crippen molar-refractivity contribution in [3.8, 4) is 0 Å². The summed E-state index contributed by atoms with van der Waals surface area (Å²) in [6.45, 7) is 0.0163. The van der Waals surface area contributed by atoms with Crippen LogP contribution in [-0.2, 0) is 16.6 Å². The normalized spacial score (nSPS) is 11.4. The number of sulfonamides is 1. The van der Waals surface area contributed by atoms with Gasteiger partial charge in [0.05, 0.1) is 17.0 Å². The van der Waals surface area contributed by atoms with E-state index in [1.807, 2.05) is 0 Å². The van der Waals surface area contributed by atoms with Crippen LogP contribution in [0.2, 0.25) is 0 Å². The number of nitrogens with zero attached hydrogens (tertiary/aromatic N) is 1. The van der Waals surface area contributed by atoms with Gasteiger partial charge < -0.3 is 10.1 Å². The number of carboxylic acids is 1. The van der Waals surface area contributed by atoms with Crippen molar-refractivity contribution in [2.45, 2.75) is 11.4 Å². The molecule has 7 nitrogen and oxygen atoms in total. The Morgan fingerprint density at radius 2 is 2.20 bits per heavy atom. The maximum atomic E-state index is 12.1. The minimum atomic E-state index is -3.76. The Morgan fingerprint density at radius 1 is 1.45 bits per heavy atom. The molecule has 9 heteroatoms. The lowest BCUT2D eigenvalue weighted by atomic mass is 10.2. The topological polar surface area (TPSA) is 112 Å². The second kappa shape index (κ2) is 5.73. The summed E-state index contributed by atoms with van der Waals surface area (Å²) >= 11 is 3.06. The third-order valence-electron chi connectivity index (χ3n) is 2.45. The van der Waals surface area contributed by atoms with Gasteiger partial charge in [-0.2, -0.15) is 0 Å². The molecule has 20 heavy (non-hydrogen) atoms. The number of carboxylic acid groups (broad SMARTS) is 1. The number of aromatic nitrogens is 2. The van der Waals surface area contributed by atoms with Crippen molar-refractivity contribution in [3.05, 3.63) is 46.5 Å². The molecule has 0 aliphatic carbocycles. The highest BCUT2D eigenvalue weighted by Gasteiger charge is 2.19. The molecule has 0 spiro atoms. The fraction of sp³-hybridized carbons (Fsp3) is 0.0909. The number of carbonyl (C=O) groups is 1. The van der Waals surface area contributed by atoms with Gasteiger partial charge in [0, 0.05) is 16.9 Å². The highest BCUT2D eigenvalue weighted by atomic mass is 79.9. The average Bonchev–Trinajstić information content (AvgIpc) is 2.89. The minimum absolute atomic E-state index is 0.00172. The molecule has 0 saturated carbocycles. The standard InChI is InChI=1S/C11H10BrN3O4S/c12-8-5-7(11(16)17)1-2-9(8)20(18,19)15-6-10-13-3-4-14-10/h1-5,15H,6H2,(H,13,14)(H,16,17). The molecule has 1 heterocycles. The first-order chi connectivity index (χ1) is 9.40. The molecule has 0 atom stereocenters. The zero-order valence-electron chi connectivity index (χ0n) is 10.00. The lowest BCUT2D eigenvalue weighted by molar-refractivity contribution is 0.0696. The lowest BCUT2D eigenvalue weighted by Crippen LogP contribution is -2.24. The molecule has 0 aliphatic heterocycles. The molecule has 0 bridgehead atoms. The van der Waals surface area contributed by atoms with Crippen LogP contribution >= 0.6 is 15.9 Å². The molecule has 1 aromatic heterocycles. The molecule has 3 N–H and O–H groups in total. The van der Waals surface area contributed by atoms with E-state index in [1.54, 1.807) is 6.20 Å². The molecular formula is C11H10BrN3O4S. The molecular weight excluding hydrogens is 350 g/mol. The highest BCUT2D eigenvalue weighted by molar-refractivity contribution is 9.10. The van der Waals surface area contributed by atoms with Gasteiger partial charge in [0.15, 0.2) is 0 Å². The summed E-state index contributed by atoms with van der Waals surface area (Å²) in [7, 11) is -3.76.